The Morgan fingerprint density at radius 2 is 1.94 bits per heavy atom. The summed E-state index contributed by atoms with van der Waals surface area (Å²) in [4.78, 5) is 4.72. The highest BCUT2D eigenvalue weighted by Gasteiger charge is 2.18. The van der Waals surface area contributed by atoms with Gasteiger partial charge >= 0.3 is 0 Å². The summed E-state index contributed by atoms with van der Waals surface area (Å²) in [5.41, 5.74) is 8.08. The predicted octanol–water partition coefficient (Wildman–Crippen LogP) is 2.03. The summed E-state index contributed by atoms with van der Waals surface area (Å²) in [6.45, 7) is 5.08. The van der Waals surface area contributed by atoms with Crippen molar-refractivity contribution in [2.24, 2.45) is 0 Å². The standard InChI is InChI=1S/C13H19N3S2/c1-18-13(17)16-8-6-15(7-9-16)10-11-4-2-3-5-12(11)14/h2-5H,6-10,14H2,1H3. The molecule has 18 heavy (non-hydrogen) atoms. The molecule has 1 heterocycles. The molecule has 2 N–H and O–H groups in total. The van der Waals surface area contributed by atoms with E-state index >= 15 is 0 Å². The fourth-order valence-electron chi connectivity index (χ4n) is 2.14. The normalized spacial score (nSPS) is 16.8. The summed E-state index contributed by atoms with van der Waals surface area (Å²) >= 11 is 6.97. The maximum atomic E-state index is 5.97. The van der Waals surface area contributed by atoms with Gasteiger partial charge in [-0.1, -0.05) is 30.4 Å². The van der Waals surface area contributed by atoms with Gasteiger partial charge in [0.05, 0.1) is 0 Å². The van der Waals surface area contributed by atoms with Gasteiger partial charge in [0, 0.05) is 38.4 Å². The Bertz CT molecular complexity index is 414. The Morgan fingerprint density at radius 3 is 2.56 bits per heavy atom. The van der Waals surface area contributed by atoms with Crippen molar-refractivity contribution in [1.82, 2.24) is 9.80 Å². The van der Waals surface area contributed by atoms with Crippen LogP contribution in [0, 0.1) is 0 Å². The minimum atomic E-state index is 0.888. The molecule has 0 amide bonds. The number of thioether (sulfide) groups is 1. The fraction of sp³-hybridized carbons (Fsp3) is 0.462. The maximum absolute atomic E-state index is 5.97. The topological polar surface area (TPSA) is 32.5 Å². The van der Waals surface area contributed by atoms with Crippen LogP contribution in [0.15, 0.2) is 24.3 Å². The highest BCUT2D eigenvalue weighted by Crippen LogP contribution is 2.16. The number of nitrogen functional groups attached to an aromatic ring is 1. The highest BCUT2D eigenvalue weighted by atomic mass is 32.2. The van der Waals surface area contributed by atoms with Gasteiger partial charge in [0.15, 0.2) is 0 Å². The van der Waals surface area contributed by atoms with Crippen LogP contribution in [0.2, 0.25) is 0 Å². The third-order valence-corrected chi connectivity index (χ3v) is 4.62. The zero-order valence-corrected chi connectivity index (χ0v) is 12.3. The van der Waals surface area contributed by atoms with Gasteiger partial charge in [-0.15, -0.1) is 11.8 Å². The zero-order chi connectivity index (χ0) is 13.0. The number of nitrogens with two attached hydrogens (primary N) is 1. The molecule has 0 aliphatic carbocycles. The minimum absolute atomic E-state index is 0.888. The number of anilines is 1. The smallest absolute Gasteiger partial charge is 0.136 e. The molecular weight excluding hydrogens is 262 g/mol. The van der Waals surface area contributed by atoms with Gasteiger partial charge in [-0.3, -0.25) is 4.90 Å². The van der Waals surface area contributed by atoms with E-state index in [0.717, 1.165) is 42.7 Å². The van der Waals surface area contributed by atoms with Gasteiger partial charge in [-0.05, 0) is 17.9 Å². The van der Waals surface area contributed by atoms with Crippen LogP contribution in [0.25, 0.3) is 0 Å². The molecule has 0 radical (unpaired) electrons. The van der Waals surface area contributed by atoms with Crippen LogP contribution in [0.3, 0.4) is 0 Å². The van der Waals surface area contributed by atoms with E-state index in [0.29, 0.717) is 0 Å². The lowest BCUT2D eigenvalue weighted by Crippen LogP contribution is -2.47. The quantitative estimate of drug-likeness (QED) is 0.662. The van der Waals surface area contributed by atoms with E-state index in [-0.39, 0.29) is 0 Å². The largest absolute Gasteiger partial charge is 0.398 e. The van der Waals surface area contributed by atoms with Crippen molar-refractivity contribution in [3.05, 3.63) is 29.8 Å². The number of para-hydroxylation sites is 1. The molecule has 1 aliphatic rings. The van der Waals surface area contributed by atoms with Crippen molar-refractivity contribution in [1.29, 1.82) is 0 Å². The molecule has 1 aromatic carbocycles. The molecule has 2 rings (SSSR count). The van der Waals surface area contributed by atoms with Crippen molar-refractivity contribution in [3.63, 3.8) is 0 Å². The van der Waals surface area contributed by atoms with Gasteiger partial charge < -0.3 is 10.6 Å². The SMILES string of the molecule is CSC(=S)N1CCN(Cc2ccccc2N)CC1. The Labute approximate surface area is 118 Å². The van der Waals surface area contributed by atoms with E-state index in [1.165, 1.54) is 5.56 Å². The number of piperazine rings is 1. The molecule has 0 bridgehead atoms. The molecular formula is C13H19N3S2. The molecule has 98 valence electrons. The number of hydrogen-bond acceptors (Lipinski definition) is 4. The minimum Gasteiger partial charge on any atom is -0.398 e. The maximum Gasteiger partial charge on any atom is 0.136 e. The summed E-state index contributed by atoms with van der Waals surface area (Å²) in [5.74, 6) is 0. The first kappa shape index (κ1) is 13.6. The van der Waals surface area contributed by atoms with Crippen LogP contribution in [0.4, 0.5) is 5.69 Å². The van der Waals surface area contributed by atoms with E-state index in [2.05, 4.69) is 15.9 Å². The van der Waals surface area contributed by atoms with Crippen molar-refractivity contribution in [2.75, 3.05) is 38.2 Å². The zero-order valence-electron chi connectivity index (χ0n) is 10.6. The fourth-order valence-corrected chi connectivity index (χ4v) is 2.76. The number of rotatable bonds is 2. The third kappa shape index (κ3) is 3.37. The van der Waals surface area contributed by atoms with Crippen LogP contribution in [-0.4, -0.2) is 46.6 Å². The lowest BCUT2D eigenvalue weighted by atomic mass is 10.1. The van der Waals surface area contributed by atoms with Crippen LogP contribution in [0.1, 0.15) is 5.56 Å². The Kier molecular flexibility index (Phi) is 4.86. The second-order valence-corrected chi connectivity index (χ2v) is 5.87. The molecule has 1 aliphatic heterocycles. The highest BCUT2D eigenvalue weighted by molar-refractivity contribution is 8.22. The molecule has 3 nitrogen and oxygen atoms in total. The van der Waals surface area contributed by atoms with Gasteiger partial charge in [0.25, 0.3) is 0 Å². The number of nitrogens with zero attached hydrogens (tertiary/aromatic N) is 2. The number of hydrogen-bond donors (Lipinski definition) is 1. The number of thiocarbonyl (C=S) groups is 1. The number of benzene rings is 1. The van der Waals surface area contributed by atoms with Crippen LogP contribution in [0.5, 0.6) is 0 Å². The van der Waals surface area contributed by atoms with Crippen LogP contribution in [-0.2, 0) is 6.54 Å². The molecule has 0 aromatic heterocycles. The second-order valence-electron chi connectivity index (χ2n) is 4.43. The van der Waals surface area contributed by atoms with Crippen LogP contribution < -0.4 is 5.73 Å². The molecule has 1 fully saturated rings. The Morgan fingerprint density at radius 1 is 1.28 bits per heavy atom. The van der Waals surface area contributed by atoms with Gasteiger partial charge in [-0.25, -0.2) is 0 Å². The Balaban J connectivity index is 1.87. The molecule has 0 saturated carbocycles. The third-order valence-electron chi connectivity index (χ3n) is 3.25. The molecule has 1 aromatic rings. The average Bonchev–Trinajstić information content (AvgIpc) is 2.41. The molecule has 5 heteroatoms. The van der Waals surface area contributed by atoms with Gasteiger partial charge in [-0.2, -0.15) is 0 Å². The monoisotopic (exact) mass is 281 g/mol. The average molecular weight is 281 g/mol. The molecule has 0 unspecified atom stereocenters. The van der Waals surface area contributed by atoms with E-state index < -0.39 is 0 Å². The molecule has 0 atom stereocenters. The van der Waals surface area contributed by atoms with E-state index in [1.54, 1.807) is 11.8 Å². The lowest BCUT2D eigenvalue weighted by Gasteiger charge is -2.35. The summed E-state index contributed by atoms with van der Waals surface area (Å²) in [5, 5.41) is 0. The van der Waals surface area contributed by atoms with E-state index in [1.807, 2.05) is 24.5 Å². The van der Waals surface area contributed by atoms with Crippen molar-refractivity contribution in [2.45, 2.75) is 6.54 Å². The first-order valence-electron chi connectivity index (χ1n) is 6.09. The first-order valence-corrected chi connectivity index (χ1v) is 7.72. The molecule has 1 saturated heterocycles. The summed E-state index contributed by atoms with van der Waals surface area (Å²) in [7, 11) is 0. The van der Waals surface area contributed by atoms with E-state index in [4.69, 9.17) is 18.0 Å². The molecule has 0 spiro atoms. The predicted molar refractivity (Wildman–Crippen MR) is 83.8 cm³/mol. The van der Waals surface area contributed by atoms with Crippen molar-refractivity contribution < 1.29 is 0 Å². The van der Waals surface area contributed by atoms with Crippen molar-refractivity contribution >= 4 is 34.0 Å². The first-order chi connectivity index (χ1) is 8.70. The summed E-state index contributed by atoms with van der Waals surface area (Å²) < 4.78 is 1.01. The van der Waals surface area contributed by atoms with Crippen LogP contribution >= 0.6 is 24.0 Å². The lowest BCUT2D eigenvalue weighted by molar-refractivity contribution is 0.179. The van der Waals surface area contributed by atoms with Gasteiger partial charge in [0.2, 0.25) is 0 Å². The summed E-state index contributed by atoms with van der Waals surface area (Å²) in [6, 6.07) is 8.10. The van der Waals surface area contributed by atoms with Crippen molar-refractivity contribution in [3.8, 4) is 0 Å². The Hall–Kier alpha value is -0.780. The van der Waals surface area contributed by atoms with E-state index in [9.17, 15) is 0 Å². The second kappa shape index (κ2) is 6.41. The summed E-state index contributed by atoms with van der Waals surface area (Å²) in [6.07, 6.45) is 2.04. The van der Waals surface area contributed by atoms with Gasteiger partial charge in [0.1, 0.15) is 4.32 Å².